The molecule has 142 valence electrons. The minimum absolute atomic E-state index is 0.0140. The second kappa shape index (κ2) is 7.47. The number of hydrogen-bond acceptors (Lipinski definition) is 3. The monoisotopic (exact) mass is 382 g/mol. The molecule has 1 aromatic heterocycles. The molecule has 2 aromatic rings. The van der Waals surface area contributed by atoms with E-state index in [0.29, 0.717) is 6.54 Å². The van der Waals surface area contributed by atoms with Crippen molar-refractivity contribution < 1.29 is 9.59 Å². The second-order valence-corrected chi connectivity index (χ2v) is 8.91. The Bertz CT molecular complexity index is 858. The summed E-state index contributed by atoms with van der Waals surface area (Å²) in [6.45, 7) is 6.18. The highest BCUT2D eigenvalue weighted by molar-refractivity contribution is 7.14. The fraction of sp³-hybridized carbons (Fsp3) is 0.455. The Labute approximate surface area is 164 Å². The van der Waals surface area contributed by atoms with Crippen molar-refractivity contribution in [1.29, 1.82) is 0 Å². The van der Waals surface area contributed by atoms with Crippen molar-refractivity contribution in [3.05, 3.63) is 57.3 Å². The zero-order valence-electron chi connectivity index (χ0n) is 16.0. The number of likely N-dealkylation sites (tertiary alicyclic amines) is 1. The smallest absolute Gasteiger partial charge is 0.264 e. The van der Waals surface area contributed by atoms with Crippen molar-refractivity contribution in [2.24, 2.45) is 5.92 Å². The molecule has 2 amide bonds. The molecular formula is C22H26N2O2S. The van der Waals surface area contributed by atoms with E-state index in [1.54, 1.807) is 11.3 Å². The summed E-state index contributed by atoms with van der Waals surface area (Å²) in [4.78, 5) is 31.4. The Hall–Kier alpha value is -2.14. The largest absolute Gasteiger partial charge is 0.335 e. The summed E-state index contributed by atoms with van der Waals surface area (Å²) in [6.07, 6.45) is 2.94. The standard InChI is InChI=1S/C22H26N2O2S/c1-15(2)21(25)24-12-5-8-18(24)19-9-10-20(27-19)22(26)23-13-11-16-6-3-4-7-17(16)14-23/h3-4,6-7,9-10,15,18H,5,8,11-14H2,1-2H3/t18-/m1/s1. The van der Waals surface area contributed by atoms with E-state index in [9.17, 15) is 9.59 Å². The van der Waals surface area contributed by atoms with Crippen LogP contribution in [0.2, 0.25) is 0 Å². The molecule has 0 N–H and O–H groups in total. The SMILES string of the molecule is CC(C)C(=O)N1CCC[C@@H]1c1ccc(C(=O)N2CCc3ccccc3C2)s1. The van der Waals surface area contributed by atoms with Gasteiger partial charge in [0.15, 0.2) is 0 Å². The van der Waals surface area contributed by atoms with Crippen LogP contribution in [0.15, 0.2) is 36.4 Å². The molecule has 1 atom stereocenters. The first kappa shape index (κ1) is 18.2. The molecule has 4 nitrogen and oxygen atoms in total. The predicted molar refractivity (Wildman–Crippen MR) is 108 cm³/mol. The molecule has 5 heteroatoms. The van der Waals surface area contributed by atoms with Gasteiger partial charge in [-0.1, -0.05) is 38.1 Å². The maximum atomic E-state index is 13.0. The summed E-state index contributed by atoms with van der Waals surface area (Å²) in [7, 11) is 0. The van der Waals surface area contributed by atoms with Crippen molar-refractivity contribution in [3.8, 4) is 0 Å². The fourth-order valence-electron chi connectivity index (χ4n) is 4.13. The summed E-state index contributed by atoms with van der Waals surface area (Å²) in [5.74, 6) is 0.340. The van der Waals surface area contributed by atoms with Gasteiger partial charge in [-0.3, -0.25) is 9.59 Å². The van der Waals surface area contributed by atoms with E-state index >= 15 is 0 Å². The van der Waals surface area contributed by atoms with Gasteiger partial charge in [-0.05, 0) is 42.5 Å². The van der Waals surface area contributed by atoms with E-state index in [1.807, 2.05) is 41.8 Å². The number of rotatable bonds is 3. The first-order valence-corrected chi connectivity index (χ1v) is 10.6. The van der Waals surface area contributed by atoms with Crippen LogP contribution in [0.4, 0.5) is 0 Å². The molecule has 1 fully saturated rings. The average Bonchev–Trinajstić information content (AvgIpc) is 3.35. The van der Waals surface area contributed by atoms with Crippen LogP contribution in [0.3, 0.4) is 0 Å². The topological polar surface area (TPSA) is 40.6 Å². The summed E-state index contributed by atoms with van der Waals surface area (Å²) < 4.78 is 0. The normalized spacial score (nSPS) is 19.4. The summed E-state index contributed by atoms with van der Waals surface area (Å²) in [6, 6.07) is 12.5. The Morgan fingerprint density at radius 2 is 1.85 bits per heavy atom. The Balaban J connectivity index is 1.49. The van der Waals surface area contributed by atoms with Gasteiger partial charge in [0, 0.05) is 30.4 Å². The zero-order chi connectivity index (χ0) is 19.0. The van der Waals surface area contributed by atoms with Crippen LogP contribution in [0.1, 0.15) is 58.4 Å². The molecule has 3 heterocycles. The van der Waals surface area contributed by atoms with Gasteiger partial charge in [-0.2, -0.15) is 0 Å². The van der Waals surface area contributed by atoms with Gasteiger partial charge in [0.2, 0.25) is 5.91 Å². The lowest BCUT2D eigenvalue weighted by molar-refractivity contribution is -0.135. The number of carbonyl (C=O) groups is 2. The number of amides is 2. The van der Waals surface area contributed by atoms with Gasteiger partial charge in [-0.25, -0.2) is 0 Å². The van der Waals surface area contributed by atoms with Gasteiger partial charge in [-0.15, -0.1) is 11.3 Å². The molecule has 0 unspecified atom stereocenters. The summed E-state index contributed by atoms with van der Waals surface area (Å²) >= 11 is 1.56. The minimum Gasteiger partial charge on any atom is -0.335 e. The van der Waals surface area contributed by atoms with E-state index in [0.717, 1.165) is 42.1 Å². The third kappa shape index (κ3) is 3.53. The number of nitrogens with zero attached hydrogens (tertiary/aromatic N) is 2. The van der Waals surface area contributed by atoms with Gasteiger partial charge in [0.1, 0.15) is 0 Å². The Morgan fingerprint density at radius 3 is 2.63 bits per heavy atom. The van der Waals surface area contributed by atoms with Crippen LogP contribution in [-0.4, -0.2) is 34.7 Å². The molecule has 2 aliphatic heterocycles. The molecule has 2 aliphatic rings. The van der Waals surface area contributed by atoms with E-state index in [-0.39, 0.29) is 23.8 Å². The summed E-state index contributed by atoms with van der Waals surface area (Å²) in [5, 5.41) is 0. The number of fused-ring (bicyclic) bond motifs is 1. The van der Waals surface area contributed by atoms with Crippen LogP contribution in [0, 0.1) is 5.92 Å². The molecule has 0 radical (unpaired) electrons. The Morgan fingerprint density at radius 1 is 1.07 bits per heavy atom. The molecular weight excluding hydrogens is 356 g/mol. The van der Waals surface area contributed by atoms with Gasteiger partial charge in [0.25, 0.3) is 5.91 Å². The lowest BCUT2D eigenvalue weighted by Crippen LogP contribution is -2.35. The molecule has 0 bridgehead atoms. The highest BCUT2D eigenvalue weighted by Gasteiger charge is 2.33. The van der Waals surface area contributed by atoms with Crippen LogP contribution >= 0.6 is 11.3 Å². The minimum atomic E-state index is 0.0140. The maximum Gasteiger partial charge on any atom is 0.264 e. The van der Waals surface area contributed by atoms with Gasteiger partial charge < -0.3 is 9.80 Å². The van der Waals surface area contributed by atoms with Crippen molar-refractivity contribution in [2.45, 2.75) is 45.7 Å². The van der Waals surface area contributed by atoms with E-state index in [4.69, 9.17) is 0 Å². The molecule has 0 spiro atoms. The third-order valence-corrected chi connectivity index (χ3v) is 6.79. The number of hydrogen-bond donors (Lipinski definition) is 0. The Kier molecular flexibility index (Phi) is 5.04. The molecule has 1 saturated heterocycles. The van der Waals surface area contributed by atoms with E-state index in [1.165, 1.54) is 11.1 Å². The van der Waals surface area contributed by atoms with Crippen LogP contribution in [-0.2, 0) is 17.8 Å². The number of thiophene rings is 1. The lowest BCUT2D eigenvalue weighted by atomic mass is 10.00. The molecule has 0 saturated carbocycles. The average molecular weight is 383 g/mol. The highest BCUT2D eigenvalue weighted by Crippen LogP contribution is 2.37. The molecule has 27 heavy (non-hydrogen) atoms. The van der Waals surface area contributed by atoms with Crippen molar-refractivity contribution in [1.82, 2.24) is 9.80 Å². The first-order valence-electron chi connectivity index (χ1n) is 9.81. The van der Waals surface area contributed by atoms with Crippen molar-refractivity contribution in [3.63, 3.8) is 0 Å². The lowest BCUT2D eigenvalue weighted by Gasteiger charge is -2.28. The quantitative estimate of drug-likeness (QED) is 0.796. The molecule has 4 rings (SSSR count). The number of benzene rings is 1. The van der Waals surface area contributed by atoms with Gasteiger partial charge in [0.05, 0.1) is 10.9 Å². The van der Waals surface area contributed by atoms with E-state index in [2.05, 4.69) is 18.2 Å². The number of carbonyl (C=O) groups excluding carboxylic acids is 2. The highest BCUT2D eigenvalue weighted by atomic mass is 32.1. The molecule has 1 aromatic carbocycles. The zero-order valence-corrected chi connectivity index (χ0v) is 16.8. The third-order valence-electron chi connectivity index (χ3n) is 5.61. The van der Waals surface area contributed by atoms with Crippen LogP contribution in [0.25, 0.3) is 0 Å². The second-order valence-electron chi connectivity index (χ2n) is 7.79. The van der Waals surface area contributed by atoms with Gasteiger partial charge >= 0.3 is 0 Å². The molecule has 0 aliphatic carbocycles. The maximum absolute atomic E-state index is 13.0. The van der Waals surface area contributed by atoms with Crippen LogP contribution in [0.5, 0.6) is 0 Å². The predicted octanol–water partition coefficient (Wildman–Crippen LogP) is 4.27. The van der Waals surface area contributed by atoms with Crippen molar-refractivity contribution >= 4 is 23.2 Å². The summed E-state index contributed by atoms with van der Waals surface area (Å²) in [5.41, 5.74) is 2.60. The fourth-order valence-corrected chi connectivity index (χ4v) is 5.25. The van der Waals surface area contributed by atoms with E-state index < -0.39 is 0 Å². The van der Waals surface area contributed by atoms with Crippen molar-refractivity contribution in [2.75, 3.05) is 13.1 Å². The van der Waals surface area contributed by atoms with Crippen LogP contribution < -0.4 is 0 Å². The first-order chi connectivity index (χ1) is 13.0.